The number of hydrogen-bond acceptors (Lipinski definition) is 3. The largest absolute Gasteiger partial charge is 0.748 e. The van der Waals surface area contributed by atoms with Crippen LogP contribution < -0.4 is 0 Å². The highest BCUT2D eigenvalue weighted by atomic mass is 32.2. The molecule has 0 aliphatic heterocycles. The topological polar surface area (TPSA) is 57.2 Å². The molecular formula is C22H40O3S2. The van der Waals surface area contributed by atoms with Crippen LogP contribution in [0.1, 0.15) is 84.1 Å². The summed E-state index contributed by atoms with van der Waals surface area (Å²) in [5.41, 5.74) is 1.54. The van der Waals surface area contributed by atoms with Gasteiger partial charge in [0.15, 0.2) is 0 Å². The van der Waals surface area contributed by atoms with Gasteiger partial charge in [0.05, 0.1) is 10.1 Å². The number of benzene rings is 1. The summed E-state index contributed by atoms with van der Waals surface area (Å²) in [7, 11) is -3.31. The van der Waals surface area contributed by atoms with Crippen molar-refractivity contribution in [3.05, 3.63) is 35.9 Å². The van der Waals surface area contributed by atoms with Crippen LogP contribution in [0.5, 0.6) is 0 Å². The maximum absolute atomic E-state index is 9.68. The van der Waals surface area contributed by atoms with Crippen LogP contribution in [-0.4, -0.2) is 30.2 Å². The van der Waals surface area contributed by atoms with Gasteiger partial charge < -0.3 is 4.55 Å². The zero-order valence-corrected chi connectivity index (χ0v) is 19.3. The van der Waals surface area contributed by atoms with Crippen LogP contribution in [0.4, 0.5) is 0 Å². The molecule has 1 aromatic carbocycles. The fraction of sp³-hybridized carbons (Fsp3) is 0.727. The van der Waals surface area contributed by atoms with E-state index >= 15 is 0 Å². The molecule has 27 heavy (non-hydrogen) atoms. The summed E-state index contributed by atoms with van der Waals surface area (Å²) < 4.78 is 29.0. The van der Waals surface area contributed by atoms with E-state index in [-0.39, 0.29) is 5.75 Å². The summed E-state index contributed by atoms with van der Waals surface area (Å²) in [5.74, 6) is 3.98. The van der Waals surface area contributed by atoms with Gasteiger partial charge in [0.2, 0.25) is 0 Å². The predicted molar refractivity (Wildman–Crippen MR) is 120 cm³/mol. The molecule has 0 heterocycles. The molecular weight excluding hydrogens is 376 g/mol. The van der Waals surface area contributed by atoms with Crippen molar-refractivity contribution in [3.8, 4) is 0 Å². The van der Waals surface area contributed by atoms with Gasteiger partial charge in [-0.25, -0.2) is 8.42 Å². The Morgan fingerprint density at radius 3 is 1.85 bits per heavy atom. The lowest BCUT2D eigenvalue weighted by Crippen LogP contribution is -2.15. The first-order valence-electron chi connectivity index (χ1n) is 10.5. The number of rotatable bonds is 14. The second-order valence-corrected chi connectivity index (χ2v) is 10.9. The van der Waals surface area contributed by atoms with Gasteiger partial charge in [0, 0.05) is 11.3 Å². The second kappa shape index (κ2) is 17.6. The number of unbranched alkanes of at least 4 members (excludes halogenated alkanes) is 6. The molecule has 1 rings (SSSR count). The average molecular weight is 417 g/mol. The summed E-state index contributed by atoms with van der Waals surface area (Å²) in [6.07, 6.45) is 11.7. The van der Waals surface area contributed by atoms with Crippen LogP contribution in [0.15, 0.2) is 30.3 Å². The first-order valence-corrected chi connectivity index (χ1v) is 13.8. The van der Waals surface area contributed by atoms with Gasteiger partial charge in [-0.15, -0.1) is 0 Å². The van der Waals surface area contributed by atoms with Crippen molar-refractivity contribution in [2.24, 2.45) is 0 Å². The third kappa shape index (κ3) is 18.6. The summed E-state index contributed by atoms with van der Waals surface area (Å²) in [5, 5.41) is 0. The van der Waals surface area contributed by atoms with Crippen molar-refractivity contribution in [3.63, 3.8) is 0 Å². The van der Waals surface area contributed by atoms with E-state index in [9.17, 15) is 13.0 Å². The highest BCUT2D eigenvalue weighted by Crippen LogP contribution is 2.14. The molecule has 5 heteroatoms. The highest BCUT2D eigenvalue weighted by molar-refractivity contribution is 7.96. The summed E-state index contributed by atoms with van der Waals surface area (Å²) in [6, 6.07) is 11.1. The lowest BCUT2D eigenvalue weighted by molar-refractivity contribution is 0.462. The molecule has 0 fully saturated rings. The summed E-state index contributed by atoms with van der Waals surface area (Å²) in [6.45, 7) is 6.26. The van der Waals surface area contributed by atoms with E-state index in [1.807, 2.05) is 0 Å². The lowest BCUT2D eigenvalue weighted by atomic mass is 10.1. The Labute approximate surface area is 171 Å². The molecule has 0 aromatic heterocycles. The van der Waals surface area contributed by atoms with Crippen molar-refractivity contribution in [1.82, 2.24) is 0 Å². The second-order valence-electron chi connectivity index (χ2n) is 7.03. The fourth-order valence-electron chi connectivity index (χ4n) is 2.74. The van der Waals surface area contributed by atoms with E-state index in [0.29, 0.717) is 17.3 Å². The molecule has 3 nitrogen and oxygen atoms in total. The van der Waals surface area contributed by atoms with Crippen molar-refractivity contribution >= 4 is 21.0 Å². The Balaban J connectivity index is 0.000000821. The summed E-state index contributed by atoms with van der Waals surface area (Å²) in [4.78, 5) is 0. The lowest BCUT2D eigenvalue weighted by Gasteiger charge is -2.09. The number of hydrogen-bond donors (Lipinski definition) is 0. The molecule has 0 bridgehead atoms. The van der Waals surface area contributed by atoms with E-state index in [2.05, 4.69) is 44.2 Å². The van der Waals surface area contributed by atoms with Crippen molar-refractivity contribution in [2.75, 3.05) is 17.3 Å². The highest BCUT2D eigenvalue weighted by Gasteiger charge is 2.17. The molecule has 1 aromatic rings. The first-order chi connectivity index (χ1) is 12.9. The Kier molecular flexibility index (Phi) is 17.2. The molecule has 1 atom stereocenters. The Morgan fingerprint density at radius 2 is 1.33 bits per heavy atom. The quantitative estimate of drug-likeness (QED) is 0.215. The Hall–Kier alpha value is -0.520. The normalized spacial score (nSPS) is 12.3. The zero-order chi connectivity index (χ0) is 20.4. The van der Waals surface area contributed by atoms with E-state index in [0.717, 1.165) is 0 Å². The van der Waals surface area contributed by atoms with E-state index in [4.69, 9.17) is 0 Å². The maximum Gasteiger partial charge on any atom is 0.133 e. The van der Waals surface area contributed by atoms with Crippen LogP contribution in [0.2, 0.25) is 0 Å². The predicted octanol–water partition coefficient (Wildman–Crippen LogP) is 5.91. The molecule has 0 saturated carbocycles. The van der Waals surface area contributed by atoms with Crippen LogP contribution in [0.25, 0.3) is 0 Å². The van der Waals surface area contributed by atoms with Gasteiger partial charge in [-0.1, -0.05) is 83.2 Å². The third-order valence-electron chi connectivity index (χ3n) is 4.24. The molecule has 0 spiro atoms. The van der Waals surface area contributed by atoms with Gasteiger partial charge >= 0.3 is 0 Å². The van der Waals surface area contributed by atoms with E-state index < -0.39 is 10.1 Å². The van der Waals surface area contributed by atoms with Crippen molar-refractivity contribution < 1.29 is 13.0 Å². The molecule has 1 unspecified atom stereocenters. The van der Waals surface area contributed by atoms with E-state index in [1.54, 1.807) is 6.92 Å². The van der Waals surface area contributed by atoms with Crippen LogP contribution in [0, 0.1) is 0 Å². The van der Waals surface area contributed by atoms with Crippen LogP contribution in [0.3, 0.4) is 0 Å². The van der Waals surface area contributed by atoms with Gasteiger partial charge in [-0.3, -0.25) is 0 Å². The molecule has 0 saturated heterocycles. The smallest absolute Gasteiger partial charge is 0.133 e. The molecule has 0 radical (unpaired) electrons. The SMILES string of the molecule is CCCCCCCC[S+](CCCC)Cc1ccccc1.CCCS(=O)(=O)[O-]. The minimum absolute atomic E-state index is 0.243. The van der Waals surface area contributed by atoms with E-state index in [1.165, 1.54) is 74.2 Å². The van der Waals surface area contributed by atoms with Gasteiger partial charge in [0.25, 0.3) is 0 Å². The van der Waals surface area contributed by atoms with Gasteiger partial charge in [-0.05, 0) is 36.6 Å². The third-order valence-corrected chi connectivity index (χ3v) is 7.62. The molecule has 0 aliphatic rings. The first kappa shape index (κ1) is 26.5. The maximum atomic E-state index is 9.68. The zero-order valence-electron chi connectivity index (χ0n) is 17.6. The van der Waals surface area contributed by atoms with Crippen LogP contribution in [-0.2, 0) is 26.8 Å². The fourth-order valence-corrected chi connectivity index (χ4v) is 5.71. The average Bonchev–Trinajstić information content (AvgIpc) is 2.62. The van der Waals surface area contributed by atoms with Gasteiger partial charge in [-0.2, -0.15) is 0 Å². The van der Waals surface area contributed by atoms with Crippen molar-refractivity contribution in [2.45, 2.75) is 84.3 Å². The summed E-state index contributed by atoms with van der Waals surface area (Å²) >= 11 is 0. The molecule has 0 amide bonds. The molecule has 0 aliphatic carbocycles. The minimum Gasteiger partial charge on any atom is -0.748 e. The van der Waals surface area contributed by atoms with Crippen LogP contribution >= 0.6 is 0 Å². The Morgan fingerprint density at radius 1 is 0.778 bits per heavy atom. The molecule has 158 valence electrons. The minimum atomic E-state index is -3.92. The van der Waals surface area contributed by atoms with Gasteiger partial charge in [0.1, 0.15) is 17.3 Å². The standard InChI is InChI=1S/C19H33S.C3H8O3S/c1-3-5-7-8-9-13-17-20(16-6-4-2)18-19-14-11-10-12-15-19;1-2-3-7(4,5)6/h10-12,14-15H,3-9,13,16-18H2,1-2H3;2-3H2,1H3,(H,4,5,6)/q+1;/p-1. The Bertz CT molecular complexity index is 530. The van der Waals surface area contributed by atoms with Crippen molar-refractivity contribution in [1.29, 1.82) is 0 Å². The molecule has 0 N–H and O–H groups in total. The monoisotopic (exact) mass is 416 g/mol.